The fourth-order valence-electron chi connectivity index (χ4n) is 1.80. The second kappa shape index (κ2) is 5.63. The number of hydrogen-bond acceptors (Lipinski definition) is 5. The predicted molar refractivity (Wildman–Crippen MR) is 59.2 cm³/mol. The zero-order valence-electron chi connectivity index (χ0n) is 9.52. The van der Waals surface area contributed by atoms with Crippen molar-refractivity contribution in [2.45, 2.75) is 25.0 Å². The van der Waals surface area contributed by atoms with E-state index in [4.69, 9.17) is 4.74 Å². The summed E-state index contributed by atoms with van der Waals surface area (Å²) in [4.78, 5) is 11.3. The van der Waals surface area contributed by atoms with Gasteiger partial charge >= 0.3 is 5.97 Å². The molecular formula is C10H17NO4S. The summed E-state index contributed by atoms with van der Waals surface area (Å²) in [5.74, 6) is -0.569. The van der Waals surface area contributed by atoms with Gasteiger partial charge in [0.2, 0.25) is 0 Å². The van der Waals surface area contributed by atoms with Gasteiger partial charge in [0.25, 0.3) is 0 Å². The molecule has 0 amide bonds. The van der Waals surface area contributed by atoms with Crippen LogP contribution in [0, 0.1) is 12.5 Å². The predicted octanol–water partition coefficient (Wildman–Crippen LogP) is 0.00109. The minimum atomic E-state index is -3.22. The number of sulfone groups is 1. The third kappa shape index (κ3) is 3.75. The molecule has 1 saturated heterocycles. The molecule has 2 unspecified atom stereocenters. The number of hydrogen-bond donors (Lipinski definition) is 1. The van der Waals surface area contributed by atoms with Crippen molar-refractivity contribution in [3.05, 3.63) is 6.54 Å². The van der Waals surface area contributed by atoms with E-state index in [2.05, 4.69) is 11.9 Å². The topological polar surface area (TPSA) is 72.5 Å². The second-order valence-corrected chi connectivity index (χ2v) is 6.05. The van der Waals surface area contributed by atoms with Crippen LogP contribution in [0.4, 0.5) is 0 Å². The van der Waals surface area contributed by atoms with Crippen molar-refractivity contribution in [1.29, 1.82) is 0 Å². The van der Waals surface area contributed by atoms with Gasteiger partial charge in [0.15, 0.2) is 9.84 Å². The highest BCUT2D eigenvalue weighted by Gasteiger charge is 2.35. The Kier molecular flexibility index (Phi) is 4.73. The van der Waals surface area contributed by atoms with Crippen molar-refractivity contribution < 1.29 is 17.9 Å². The van der Waals surface area contributed by atoms with E-state index >= 15 is 0 Å². The number of rotatable bonds is 4. The number of carbonyl (C=O) groups excluding carboxylic acids is 1. The lowest BCUT2D eigenvalue weighted by molar-refractivity contribution is -0.144. The van der Waals surface area contributed by atoms with Crippen LogP contribution in [0.2, 0.25) is 0 Å². The maximum Gasteiger partial charge on any atom is 0.306 e. The molecule has 6 heteroatoms. The molecule has 2 radical (unpaired) electrons. The summed E-state index contributed by atoms with van der Waals surface area (Å²) in [6, 6.07) is 0. The summed E-state index contributed by atoms with van der Waals surface area (Å²) >= 11 is 0. The van der Waals surface area contributed by atoms with Crippen LogP contribution in [0.1, 0.15) is 19.8 Å². The SMILES string of the molecule is CCOC(=O)CC1CCN[C]C1S(C)(=O)=O. The van der Waals surface area contributed by atoms with E-state index in [0.29, 0.717) is 19.6 Å². The van der Waals surface area contributed by atoms with Gasteiger partial charge in [0.05, 0.1) is 18.4 Å². The summed E-state index contributed by atoms with van der Waals surface area (Å²) < 4.78 is 27.8. The Morgan fingerprint density at radius 1 is 1.56 bits per heavy atom. The molecule has 1 heterocycles. The molecule has 1 aliphatic rings. The van der Waals surface area contributed by atoms with Gasteiger partial charge in [-0.25, -0.2) is 8.42 Å². The average molecular weight is 247 g/mol. The van der Waals surface area contributed by atoms with E-state index < -0.39 is 15.1 Å². The minimum absolute atomic E-state index is 0.139. The van der Waals surface area contributed by atoms with Crippen LogP contribution < -0.4 is 5.32 Å². The second-order valence-electron chi connectivity index (χ2n) is 3.88. The van der Waals surface area contributed by atoms with Gasteiger partial charge < -0.3 is 10.1 Å². The molecule has 5 nitrogen and oxygen atoms in total. The maximum atomic E-state index is 11.5. The van der Waals surface area contributed by atoms with E-state index in [1.54, 1.807) is 6.92 Å². The molecule has 0 aromatic heterocycles. The summed E-state index contributed by atoms with van der Waals surface area (Å²) in [5.41, 5.74) is 0. The average Bonchev–Trinajstić information content (AvgIpc) is 2.17. The molecule has 0 aromatic carbocycles. The summed E-state index contributed by atoms with van der Waals surface area (Å²) in [6.07, 6.45) is 1.94. The first kappa shape index (κ1) is 13.4. The molecule has 16 heavy (non-hydrogen) atoms. The molecular weight excluding hydrogens is 230 g/mol. The van der Waals surface area contributed by atoms with E-state index in [9.17, 15) is 13.2 Å². The summed E-state index contributed by atoms with van der Waals surface area (Å²) in [5, 5.41) is 2.08. The zero-order valence-corrected chi connectivity index (χ0v) is 10.3. The van der Waals surface area contributed by atoms with Gasteiger partial charge in [-0.2, -0.15) is 0 Å². The van der Waals surface area contributed by atoms with Gasteiger partial charge in [-0.1, -0.05) is 0 Å². The van der Waals surface area contributed by atoms with Crippen LogP contribution in [0.25, 0.3) is 0 Å². The monoisotopic (exact) mass is 247 g/mol. The largest absolute Gasteiger partial charge is 0.466 e. The number of esters is 1. The lowest BCUT2D eigenvalue weighted by Crippen LogP contribution is -2.42. The van der Waals surface area contributed by atoms with E-state index in [0.717, 1.165) is 6.26 Å². The first-order valence-corrected chi connectivity index (χ1v) is 7.23. The van der Waals surface area contributed by atoms with E-state index in [1.807, 2.05) is 0 Å². The lowest BCUT2D eigenvalue weighted by Gasteiger charge is -2.29. The standard InChI is InChI=1S/C10H17NO4S/c1-3-15-10(12)6-8-4-5-11-7-9(8)16(2,13)14/h8-9,11H,3-6H2,1-2H3. The van der Waals surface area contributed by atoms with E-state index in [-0.39, 0.29) is 18.3 Å². The quantitative estimate of drug-likeness (QED) is 0.708. The highest BCUT2D eigenvalue weighted by atomic mass is 32.2. The van der Waals surface area contributed by atoms with Crippen molar-refractivity contribution in [3.63, 3.8) is 0 Å². The van der Waals surface area contributed by atoms with Crippen molar-refractivity contribution in [3.8, 4) is 0 Å². The Morgan fingerprint density at radius 2 is 2.25 bits per heavy atom. The molecule has 1 N–H and O–H groups in total. The third-order valence-corrected chi connectivity index (χ3v) is 3.93. The van der Waals surface area contributed by atoms with Crippen molar-refractivity contribution in [2.75, 3.05) is 19.4 Å². The van der Waals surface area contributed by atoms with Gasteiger partial charge in [0, 0.05) is 12.7 Å². The smallest absolute Gasteiger partial charge is 0.306 e. The van der Waals surface area contributed by atoms with Gasteiger partial charge in [-0.3, -0.25) is 4.79 Å². The zero-order chi connectivity index (χ0) is 12.2. The number of carbonyl (C=O) groups is 1. The maximum absolute atomic E-state index is 11.5. The molecule has 1 rings (SSSR count). The van der Waals surface area contributed by atoms with Crippen molar-refractivity contribution in [1.82, 2.24) is 5.32 Å². The van der Waals surface area contributed by atoms with Crippen molar-refractivity contribution >= 4 is 15.8 Å². The Bertz CT molecular complexity index is 339. The van der Waals surface area contributed by atoms with Crippen molar-refractivity contribution in [2.24, 2.45) is 5.92 Å². The Labute approximate surface area is 96.5 Å². The molecule has 1 fully saturated rings. The fourth-order valence-corrected chi connectivity index (χ4v) is 3.03. The van der Waals surface area contributed by atoms with Crippen LogP contribution in [0.5, 0.6) is 0 Å². The van der Waals surface area contributed by atoms with Crippen LogP contribution >= 0.6 is 0 Å². The van der Waals surface area contributed by atoms with Crippen LogP contribution in [-0.4, -0.2) is 39.0 Å². The highest BCUT2D eigenvalue weighted by Crippen LogP contribution is 2.24. The molecule has 0 spiro atoms. The Balaban J connectivity index is 2.64. The Morgan fingerprint density at radius 3 is 2.81 bits per heavy atom. The van der Waals surface area contributed by atoms with Crippen LogP contribution in [0.3, 0.4) is 0 Å². The first-order valence-electron chi connectivity index (χ1n) is 5.28. The van der Waals surface area contributed by atoms with Crippen LogP contribution in [-0.2, 0) is 19.4 Å². The van der Waals surface area contributed by atoms with E-state index in [1.165, 1.54) is 0 Å². The Hall–Kier alpha value is -0.620. The third-order valence-electron chi connectivity index (χ3n) is 2.51. The lowest BCUT2D eigenvalue weighted by atomic mass is 9.94. The highest BCUT2D eigenvalue weighted by molar-refractivity contribution is 7.91. The molecule has 2 atom stereocenters. The molecule has 0 saturated carbocycles. The minimum Gasteiger partial charge on any atom is -0.466 e. The van der Waals surface area contributed by atoms with Crippen LogP contribution in [0.15, 0.2) is 0 Å². The molecule has 0 aromatic rings. The number of ether oxygens (including phenoxy) is 1. The number of nitrogens with one attached hydrogen (secondary N) is 1. The first-order chi connectivity index (χ1) is 7.45. The van der Waals surface area contributed by atoms with Gasteiger partial charge in [0.1, 0.15) is 0 Å². The molecule has 1 aliphatic heterocycles. The number of piperidine rings is 1. The fraction of sp³-hybridized carbons (Fsp3) is 0.800. The normalized spacial score (nSPS) is 26.4. The molecule has 92 valence electrons. The summed E-state index contributed by atoms with van der Waals surface area (Å²) in [7, 11) is -3.22. The van der Waals surface area contributed by atoms with Gasteiger partial charge in [-0.05, 0) is 25.8 Å². The molecule has 0 bridgehead atoms. The summed E-state index contributed by atoms with van der Waals surface area (Å²) in [6.45, 7) is 5.41. The molecule has 0 aliphatic carbocycles. The van der Waals surface area contributed by atoms with Gasteiger partial charge in [-0.15, -0.1) is 0 Å².